The smallest absolute Gasteiger partial charge is 0.128 e. The van der Waals surface area contributed by atoms with E-state index in [-0.39, 0.29) is 5.82 Å². The number of nitrogens with zero attached hydrogens (tertiary/aromatic N) is 1. The number of halogens is 1. The van der Waals surface area contributed by atoms with Crippen molar-refractivity contribution in [3.8, 4) is 0 Å². The van der Waals surface area contributed by atoms with Gasteiger partial charge in [-0.15, -0.1) is 0 Å². The molecule has 1 fully saturated rings. The first-order valence-electron chi connectivity index (χ1n) is 7.35. The molecule has 2 nitrogen and oxygen atoms in total. The lowest BCUT2D eigenvalue weighted by atomic mass is 9.94. The predicted octanol–water partition coefficient (Wildman–Crippen LogP) is 3.37. The van der Waals surface area contributed by atoms with E-state index in [9.17, 15) is 9.50 Å². The highest BCUT2D eigenvalue weighted by molar-refractivity contribution is 5.19. The van der Waals surface area contributed by atoms with Crippen molar-refractivity contribution in [1.29, 1.82) is 0 Å². The summed E-state index contributed by atoms with van der Waals surface area (Å²) in [7, 11) is 0. The molecule has 3 heteroatoms. The van der Waals surface area contributed by atoms with Crippen LogP contribution < -0.4 is 0 Å². The Bertz CT molecular complexity index is 388. The van der Waals surface area contributed by atoms with Crippen molar-refractivity contribution in [1.82, 2.24) is 4.90 Å². The molecule has 1 saturated heterocycles. The Hall–Kier alpha value is -0.930. The third-order valence-electron chi connectivity index (χ3n) is 4.27. The number of piperidine rings is 1. The van der Waals surface area contributed by atoms with E-state index in [1.807, 2.05) is 0 Å². The zero-order valence-corrected chi connectivity index (χ0v) is 11.7. The van der Waals surface area contributed by atoms with Crippen LogP contribution in [0.25, 0.3) is 0 Å². The second kappa shape index (κ2) is 7.01. The van der Waals surface area contributed by atoms with Crippen molar-refractivity contribution < 1.29 is 9.50 Å². The molecule has 0 bridgehead atoms. The van der Waals surface area contributed by atoms with Crippen LogP contribution in [0, 0.1) is 11.7 Å². The van der Waals surface area contributed by atoms with E-state index in [0.29, 0.717) is 12.0 Å². The van der Waals surface area contributed by atoms with E-state index in [1.54, 1.807) is 18.2 Å². The number of benzene rings is 1. The van der Waals surface area contributed by atoms with Gasteiger partial charge >= 0.3 is 0 Å². The first-order chi connectivity index (χ1) is 9.20. The summed E-state index contributed by atoms with van der Waals surface area (Å²) in [6, 6.07) is 6.50. The number of hydrogen-bond acceptors (Lipinski definition) is 2. The van der Waals surface area contributed by atoms with Crippen LogP contribution in [0.15, 0.2) is 24.3 Å². The van der Waals surface area contributed by atoms with E-state index in [0.717, 1.165) is 25.6 Å². The van der Waals surface area contributed by atoms with Gasteiger partial charge in [0.15, 0.2) is 0 Å². The average Bonchev–Trinajstić information content (AvgIpc) is 2.46. The summed E-state index contributed by atoms with van der Waals surface area (Å²) in [6.45, 7) is 5.33. The highest BCUT2D eigenvalue weighted by Crippen LogP contribution is 2.23. The van der Waals surface area contributed by atoms with Gasteiger partial charge in [-0.05, 0) is 44.3 Å². The van der Waals surface area contributed by atoms with Crippen LogP contribution in [-0.2, 0) is 0 Å². The van der Waals surface area contributed by atoms with Crippen molar-refractivity contribution in [2.24, 2.45) is 5.92 Å². The molecule has 2 rings (SSSR count). The normalized spacial score (nSPS) is 19.5. The van der Waals surface area contributed by atoms with Crippen molar-refractivity contribution in [2.75, 3.05) is 19.6 Å². The summed E-state index contributed by atoms with van der Waals surface area (Å²) in [6.07, 6.45) is 3.70. The monoisotopic (exact) mass is 265 g/mol. The van der Waals surface area contributed by atoms with Gasteiger partial charge in [0.2, 0.25) is 0 Å². The zero-order valence-electron chi connectivity index (χ0n) is 11.7. The lowest BCUT2D eigenvalue weighted by Gasteiger charge is -2.31. The van der Waals surface area contributed by atoms with Crippen LogP contribution in [0.4, 0.5) is 4.39 Å². The van der Waals surface area contributed by atoms with E-state index in [1.165, 1.54) is 25.3 Å². The molecule has 1 N–H and O–H groups in total. The molecule has 0 saturated carbocycles. The summed E-state index contributed by atoms with van der Waals surface area (Å²) < 4.78 is 13.5. The minimum absolute atomic E-state index is 0.306. The molecular formula is C16H24FNO. The van der Waals surface area contributed by atoms with Crippen LogP contribution in [0.3, 0.4) is 0 Å². The zero-order chi connectivity index (χ0) is 13.7. The Kier molecular flexibility index (Phi) is 5.34. The Morgan fingerprint density at radius 3 is 2.63 bits per heavy atom. The highest BCUT2D eigenvalue weighted by atomic mass is 19.1. The van der Waals surface area contributed by atoms with E-state index in [4.69, 9.17) is 0 Å². The largest absolute Gasteiger partial charge is 0.388 e. The lowest BCUT2D eigenvalue weighted by molar-refractivity contribution is 0.120. The molecule has 1 aromatic carbocycles. The lowest BCUT2D eigenvalue weighted by Crippen LogP contribution is -2.34. The predicted molar refractivity (Wildman–Crippen MR) is 75.4 cm³/mol. The minimum atomic E-state index is -0.690. The maximum Gasteiger partial charge on any atom is 0.128 e. The van der Waals surface area contributed by atoms with Crippen molar-refractivity contribution >= 4 is 0 Å². The molecule has 1 atom stereocenters. The molecule has 1 unspecified atom stereocenters. The minimum Gasteiger partial charge on any atom is -0.388 e. The van der Waals surface area contributed by atoms with Gasteiger partial charge in [-0.25, -0.2) is 4.39 Å². The first-order valence-corrected chi connectivity index (χ1v) is 7.35. The maximum absolute atomic E-state index is 13.5. The first kappa shape index (κ1) is 14.5. The topological polar surface area (TPSA) is 23.5 Å². The van der Waals surface area contributed by atoms with E-state index in [2.05, 4.69) is 11.8 Å². The average molecular weight is 265 g/mol. The molecule has 19 heavy (non-hydrogen) atoms. The SMILES string of the molecule is CCC1CCN(CCC(O)c2ccccc2F)CC1. The van der Waals surface area contributed by atoms with Crippen LogP contribution in [-0.4, -0.2) is 29.6 Å². The second-order valence-electron chi connectivity index (χ2n) is 5.52. The third kappa shape index (κ3) is 4.02. The molecule has 1 aromatic rings. The van der Waals surface area contributed by atoms with Gasteiger partial charge in [-0.2, -0.15) is 0 Å². The molecule has 0 amide bonds. The van der Waals surface area contributed by atoms with Gasteiger partial charge in [-0.1, -0.05) is 31.5 Å². The number of aliphatic hydroxyl groups excluding tert-OH is 1. The fraction of sp³-hybridized carbons (Fsp3) is 0.625. The van der Waals surface area contributed by atoms with Gasteiger partial charge in [-0.3, -0.25) is 0 Å². The molecule has 0 aromatic heterocycles. The number of rotatable bonds is 5. The second-order valence-corrected chi connectivity index (χ2v) is 5.52. The van der Waals surface area contributed by atoms with Crippen molar-refractivity contribution in [3.05, 3.63) is 35.6 Å². The van der Waals surface area contributed by atoms with E-state index < -0.39 is 6.10 Å². The third-order valence-corrected chi connectivity index (χ3v) is 4.27. The van der Waals surface area contributed by atoms with Gasteiger partial charge in [0.25, 0.3) is 0 Å². The Morgan fingerprint density at radius 2 is 2.00 bits per heavy atom. The molecular weight excluding hydrogens is 241 g/mol. The summed E-state index contributed by atoms with van der Waals surface area (Å²) >= 11 is 0. The molecule has 0 spiro atoms. The summed E-state index contributed by atoms with van der Waals surface area (Å²) in [5.41, 5.74) is 0.422. The molecule has 0 radical (unpaired) electrons. The van der Waals surface area contributed by atoms with Gasteiger partial charge < -0.3 is 10.0 Å². The maximum atomic E-state index is 13.5. The number of aliphatic hydroxyl groups is 1. The fourth-order valence-corrected chi connectivity index (χ4v) is 2.82. The molecule has 1 aliphatic rings. The quantitative estimate of drug-likeness (QED) is 0.882. The van der Waals surface area contributed by atoms with Gasteiger partial charge in [0.1, 0.15) is 5.82 Å². The van der Waals surface area contributed by atoms with E-state index >= 15 is 0 Å². The van der Waals surface area contributed by atoms with Crippen LogP contribution in [0.2, 0.25) is 0 Å². The summed E-state index contributed by atoms with van der Waals surface area (Å²) in [4.78, 5) is 2.39. The fourth-order valence-electron chi connectivity index (χ4n) is 2.82. The number of likely N-dealkylation sites (tertiary alicyclic amines) is 1. The molecule has 1 aliphatic heterocycles. The number of hydrogen-bond donors (Lipinski definition) is 1. The summed E-state index contributed by atoms with van der Waals surface area (Å²) in [5, 5.41) is 10.1. The molecule has 1 heterocycles. The standard InChI is InChI=1S/C16H24FNO/c1-2-13-7-10-18(11-8-13)12-9-16(19)14-5-3-4-6-15(14)17/h3-6,13,16,19H,2,7-12H2,1H3. The van der Waals surface area contributed by atoms with Crippen LogP contribution >= 0.6 is 0 Å². The van der Waals surface area contributed by atoms with Crippen LogP contribution in [0.1, 0.15) is 44.3 Å². The molecule has 0 aliphatic carbocycles. The molecule has 106 valence electrons. The van der Waals surface area contributed by atoms with Crippen LogP contribution in [0.5, 0.6) is 0 Å². The van der Waals surface area contributed by atoms with Crippen molar-refractivity contribution in [2.45, 2.75) is 38.7 Å². The Labute approximate surface area is 115 Å². The Morgan fingerprint density at radius 1 is 1.32 bits per heavy atom. The van der Waals surface area contributed by atoms with Gasteiger partial charge in [0.05, 0.1) is 6.10 Å². The Balaban J connectivity index is 1.78. The summed E-state index contributed by atoms with van der Waals surface area (Å²) in [5.74, 6) is 0.562. The van der Waals surface area contributed by atoms with Gasteiger partial charge in [0, 0.05) is 12.1 Å². The van der Waals surface area contributed by atoms with Crippen molar-refractivity contribution in [3.63, 3.8) is 0 Å². The highest BCUT2D eigenvalue weighted by Gasteiger charge is 2.19.